The molecule has 0 aliphatic rings. The van der Waals surface area contributed by atoms with E-state index in [0.29, 0.717) is 6.08 Å². The van der Waals surface area contributed by atoms with E-state index in [1.54, 1.807) is 0 Å². The molecular weight excluding hydrogens is 581 g/mol. The number of hydrogen-bond donors (Lipinski definition) is 0. The number of rotatable bonds is 13. The molecule has 0 saturated carbocycles. The SMILES string of the molecule is O=C(C=Cc1ccccc1[N+](=O)[O-])CC(=O)OCCCC(F)(F)C(F)(F)C(F)(F)C(F)(F)C(F)(F)C(F)(F)F. The molecule has 0 unspecified atom stereocenters. The predicted octanol–water partition coefficient (Wildman–Crippen LogP) is 6.63. The maximum Gasteiger partial charge on any atom is 0.460 e. The predicted molar refractivity (Wildman–Crippen MR) is 103 cm³/mol. The van der Waals surface area contributed by atoms with E-state index >= 15 is 0 Å². The van der Waals surface area contributed by atoms with Gasteiger partial charge in [-0.3, -0.25) is 19.7 Å². The zero-order valence-corrected chi connectivity index (χ0v) is 18.7. The van der Waals surface area contributed by atoms with Crippen molar-refractivity contribution >= 4 is 23.5 Å². The van der Waals surface area contributed by atoms with Crippen molar-refractivity contribution in [3.05, 3.63) is 46.0 Å². The number of nitro benzene ring substituents is 1. The highest BCUT2D eigenvalue weighted by molar-refractivity contribution is 6.04. The molecule has 0 amide bonds. The summed E-state index contributed by atoms with van der Waals surface area (Å²) in [5, 5.41) is 10.9. The Morgan fingerprint density at radius 2 is 1.33 bits per heavy atom. The van der Waals surface area contributed by atoms with Crippen LogP contribution >= 0.6 is 0 Å². The van der Waals surface area contributed by atoms with E-state index in [1.165, 1.54) is 18.2 Å². The Morgan fingerprint density at radius 1 is 0.821 bits per heavy atom. The van der Waals surface area contributed by atoms with Crippen LogP contribution in [-0.2, 0) is 14.3 Å². The van der Waals surface area contributed by atoms with Crippen LogP contribution in [0.4, 0.5) is 62.8 Å². The molecule has 0 aliphatic carbocycles. The standard InChI is InChI=1S/C20H14F13NO5/c21-15(22,16(23,24)17(25,26)18(27,28)19(29,30)20(31,32)33)8-3-9-39-14(36)10-12(35)7-6-11-4-1-2-5-13(11)34(37)38/h1-2,4-7H,3,8-10H2. The summed E-state index contributed by atoms with van der Waals surface area (Å²) in [6.45, 7) is -1.33. The van der Waals surface area contributed by atoms with Gasteiger partial charge in [-0.15, -0.1) is 0 Å². The van der Waals surface area contributed by atoms with Gasteiger partial charge in [-0.25, -0.2) is 0 Å². The largest absolute Gasteiger partial charge is 0.465 e. The molecular formula is C20H14F13NO5. The van der Waals surface area contributed by atoms with Crippen molar-refractivity contribution in [2.75, 3.05) is 6.61 Å². The summed E-state index contributed by atoms with van der Waals surface area (Å²) in [5.41, 5.74) is -0.491. The van der Waals surface area contributed by atoms with Crippen molar-refractivity contribution in [2.45, 2.75) is 55.1 Å². The minimum absolute atomic E-state index is 0.0669. The first-order valence-electron chi connectivity index (χ1n) is 10.00. The van der Waals surface area contributed by atoms with Crippen molar-refractivity contribution < 1.29 is 76.3 Å². The fourth-order valence-electron chi connectivity index (χ4n) is 2.67. The van der Waals surface area contributed by atoms with Gasteiger partial charge in [0.2, 0.25) is 0 Å². The fourth-order valence-corrected chi connectivity index (χ4v) is 2.67. The molecule has 1 rings (SSSR count). The topological polar surface area (TPSA) is 86.5 Å². The molecule has 1 aromatic rings. The molecule has 0 atom stereocenters. The highest BCUT2D eigenvalue weighted by atomic mass is 19.4. The lowest BCUT2D eigenvalue weighted by Crippen LogP contribution is -2.70. The number of nitrogens with zero attached hydrogens (tertiary/aromatic N) is 1. The molecule has 6 nitrogen and oxygen atoms in total. The Bertz CT molecular complexity index is 1100. The average Bonchev–Trinajstić information content (AvgIpc) is 2.79. The third-order valence-electron chi connectivity index (χ3n) is 4.80. The van der Waals surface area contributed by atoms with Crippen LogP contribution in [0.15, 0.2) is 30.3 Å². The van der Waals surface area contributed by atoms with Gasteiger partial charge >= 0.3 is 41.8 Å². The van der Waals surface area contributed by atoms with Crippen LogP contribution in [0.1, 0.15) is 24.8 Å². The number of nitro groups is 1. The van der Waals surface area contributed by atoms with Crippen molar-refractivity contribution in [1.82, 2.24) is 0 Å². The molecule has 0 spiro atoms. The van der Waals surface area contributed by atoms with Gasteiger partial charge < -0.3 is 4.74 Å². The van der Waals surface area contributed by atoms with E-state index in [1.807, 2.05) is 0 Å². The summed E-state index contributed by atoms with van der Waals surface area (Å²) in [7, 11) is 0. The number of allylic oxidation sites excluding steroid dienone is 1. The van der Waals surface area contributed by atoms with Crippen LogP contribution < -0.4 is 0 Å². The molecule has 0 saturated heterocycles. The van der Waals surface area contributed by atoms with Gasteiger partial charge in [0.1, 0.15) is 6.42 Å². The molecule has 0 bridgehead atoms. The Kier molecular flexibility index (Phi) is 9.80. The number of alkyl halides is 13. The minimum Gasteiger partial charge on any atom is -0.465 e. The summed E-state index contributed by atoms with van der Waals surface area (Å²) < 4.78 is 174. The maximum absolute atomic E-state index is 13.7. The zero-order chi connectivity index (χ0) is 30.7. The molecule has 1 aromatic carbocycles. The number of carbonyl (C=O) groups is 2. The molecule has 0 aromatic heterocycles. The van der Waals surface area contributed by atoms with Gasteiger partial charge in [0.25, 0.3) is 5.69 Å². The number of ether oxygens (including phenoxy) is 1. The zero-order valence-electron chi connectivity index (χ0n) is 18.7. The van der Waals surface area contributed by atoms with E-state index in [4.69, 9.17) is 0 Å². The number of halogens is 13. The highest BCUT2D eigenvalue weighted by Gasteiger charge is 2.90. The van der Waals surface area contributed by atoms with E-state index < -0.39 is 84.0 Å². The maximum atomic E-state index is 13.7. The average molecular weight is 595 g/mol. The van der Waals surface area contributed by atoms with E-state index in [0.717, 1.165) is 12.1 Å². The molecule has 39 heavy (non-hydrogen) atoms. The molecule has 0 aliphatic heterocycles. The first-order valence-corrected chi connectivity index (χ1v) is 10.00. The molecule has 220 valence electrons. The number of ketones is 1. The third-order valence-corrected chi connectivity index (χ3v) is 4.80. The van der Waals surface area contributed by atoms with Gasteiger partial charge in [-0.2, -0.15) is 57.1 Å². The third kappa shape index (κ3) is 6.78. The number of carbonyl (C=O) groups excluding carboxylic acids is 2. The van der Waals surface area contributed by atoms with Crippen molar-refractivity contribution in [3.8, 4) is 0 Å². The molecule has 0 fully saturated rings. The summed E-state index contributed by atoms with van der Waals surface area (Å²) in [5.74, 6) is -40.1. The quantitative estimate of drug-likeness (QED) is 0.0486. The Hall–Kier alpha value is -3.41. The van der Waals surface area contributed by atoms with E-state index in [-0.39, 0.29) is 5.56 Å². The fraction of sp³-hybridized carbons (Fsp3) is 0.500. The lowest BCUT2D eigenvalue weighted by atomic mass is 9.92. The normalized spacial score (nSPS) is 14.0. The van der Waals surface area contributed by atoms with E-state index in [9.17, 15) is 76.8 Å². The summed E-state index contributed by atoms with van der Waals surface area (Å²) in [6, 6.07) is 4.97. The second-order valence-corrected chi connectivity index (χ2v) is 7.62. The summed E-state index contributed by atoms with van der Waals surface area (Å²) in [6.07, 6.45) is -11.1. The first kappa shape index (κ1) is 33.6. The molecule has 19 heteroatoms. The van der Waals surface area contributed by atoms with Gasteiger partial charge in [0, 0.05) is 12.5 Å². The molecule has 0 N–H and O–H groups in total. The first-order chi connectivity index (χ1) is 17.4. The smallest absolute Gasteiger partial charge is 0.460 e. The van der Waals surface area contributed by atoms with Gasteiger partial charge in [-0.1, -0.05) is 12.1 Å². The van der Waals surface area contributed by atoms with Gasteiger partial charge in [-0.05, 0) is 24.6 Å². The number of hydrogen-bond acceptors (Lipinski definition) is 5. The van der Waals surface area contributed by atoms with Crippen LogP contribution in [-0.4, -0.2) is 59.1 Å². The van der Waals surface area contributed by atoms with Crippen LogP contribution in [0.2, 0.25) is 0 Å². The Balaban J connectivity index is 2.79. The van der Waals surface area contributed by atoms with Crippen LogP contribution in [0.5, 0.6) is 0 Å². The van der Waals surface area contributed by atoms with Crippen LogP contribution in [0.25, 0.3) is 6.08 Å². The number of esters is 1. The monoisotopic (exact) mass is 595 g/mol. The van der Waals surface area contributed by atoms with Crippen LogP contribution in [0, 0.1) is 10.1 Å². The van der Waals surface area contributed by atoms with Gasteiger partial charge in [0.15, 0.2) is 5.78 Å². The number of benzene rings is 1. The van der Waals surface area contributed by atoms with Crippen molar-refractivity contribution in [3.63, 3.8) is 0 Å². The second-order valence-electron chi connectivity index (χ2n) is 7.62. The summed E-state index contributed by atoms with van der Waals surface area (Å²) in [4.78, 5) is 33.3. The minimum atomic E-state index is -8.01. The van der Waals surface area contributed by atoms with Crippen LogP contribution in [0.3, 0.4) is 0 Å². The Labute approximate surface area is 208 Å². The van der Waals surface area contributed by atoms with Crippen molar-refractivity contribution in [2.24, 2.45) is 0 Å². The van der Waals surface area contributed by atoms with Crippen molar-refractivity contribution in [1.29, 1.82) is 0 Å². The van der Waals surface area contributed by atoms with E-state index in [2.05, 4.69) is 4.74 Å². The lowest BCUT2D eigenvalue weighted by molar-refractivity contribution is -0.440. The summed E-state index contributed by atoms with van der Waals surface area (Å²) >= 11 is 0. The van der Waals surface area contributed by atoms with Gasteiger partial charge in [0.05, 0.1) is 17.1 Å². The number of para-hydroxylation sites is 1. The Morgan fingerprint density at radius 3 is 1.85 bits per heavy atom. The highest BCUT2D eigenvalue weighted by Crippen LogP contribution is 2.60. The second kappa shape index (κ2) is 11.4. The lowest BCUT2D eigenvalue weighted by Gasteiger charge is -2.39. The molecule has 0 heterocycles. The molecule has 0 radical (unpaired) electrons.